The first-order chi connectivity index (χ1) is 11.2. The monoisotopic (exact) mass is 321 g/mol. The molecule has 0 radical (unpaired) electrons. The molecule has 0 saturated carbocycles. The van der Waals surface area contributed by atoms with Crippen molar-refractivity contribution >= 4 is 17.4 Å². The Hall–Kier alpha value is -1.82. The summed E-state index contributed by atoms with van der Waals surface area (Å²) in [4.78, 5) is 16.3. The predicted octanol–water partition coefficient (Wildman–Crippen LogP) is 2.80. The first kappa shape index (κ1) is 16.1. The average molecular weight is 321 g/mol. The fraction of sp³-hybridized carbons (Fsp3) is 0.588. The van der Waals surface area contributed by atoms with E-state index in [-0.39, 0.29) is 24.5 Å². The summed E-state index contributed by atoms with van der Waals surface area (Å²) >= 11 is 0. The zero-order valence-corrected chi connectivity index (χ0v) is 13.3. The summed E-state index contributed by atoms with van der Waals surface area (Å²) in [5.41, 5.74) is 1.39. The van der Waals surface area contributed by atoms with Gasteiger partial charge in [-0.05, 0) is 50.3 Å². The molecule has 1 atom stereocenters. The van der Waals surface area contributed by atoms with Crippen molar-refractivity contribution in [1.82, 2.24) is 4.90 Å². The van der Waals surface area contributed by atoms with Gasteiger partial charge >= 0.3 is 6.03 Å². The third kappa shape index (κ3) is 3.58. The Morgan fingerprint density at radius 1 is 1.22 bits per heavy atom. The van der Waals surface area contributed by atoms with Gasteiger partial charge in [0.25, 0.3) is 0 Å². The summed E-state index contributed by atoms with van der Waals surface area (Å²) in [5.74, 6) is -0.360. The molecule has 3 rings (SSSR count). The first-order valence-electron chi connectivity index (χ1n) is 8.42. The molecule has 6 heteroatoms. The number of hydrogen-bond acceptors (Lipinski definition) is 3. The molecule has 0 aliphatic carbocycles. The zero-order chi connectivity index (χ0) is 16.2. The molecule has 2 heterocycles. The number of hydrogen-bond donors (Lipinski definition) is 2. The molecule has 1 aromatic rings. The second kappa shape index (κ2) is 7.17. The minimum absolute atomic E-state index is 0.0322. The zero-order valence-electron chi connectivity index (χ0n) is 13.3. The van der Waals surface area contributed by atoms with Gasteiger partial charge in [-0.3, -0.25) is 0 Å². The fourth-order valence-electron chi connectivity index (χ4n) is 3.50. The number of aliphatic hydroxyl groups is 1. The van der Waals surface area contributed by atoms with E-state index in [1.54, 1.807) is 11.0 Å². The van der Waals surface area contributed by atoms with Crippen molar-refractivity contribution < 1.29 is 14.3 Å². The van der Waals surface area contributed by atoms with Crippen LogP contribution in [0.2, 0.25) is 0 Å². The number of benzene rings is 1. The Bertz CT molecular complexity index is 561. The Kier molecular flexibility index (Phi) is 5.00. The first-order valence-corrected chi connectivity index (χ1v) is 8.42. The number of carbonyl (C=O) groups excluding carboxylic acids is 1. The third-order valence-corrected chi connectivity index (χ3v) is 4.75. The van der Waals surface area contributed by atoms with Gasteiger partial charge in [-0.25, -0.2) is 9.18 Å². The second-order valence-corrected chi connectivity index (χ2v) is 6.31. The highest BCUT2D eigenvalue weighted by atomic mass is 19.1. The van der Waals surface area contributed by atoms with E-state index in [0.29, 0.717) is 12.2 Å². The van der Waals surface area contributed by atoms with Crippen molar-refractivity contribution in [2.45, 2.75) is 38.1 Å². The van der Waals surface area contributed by atoms with Crippen LogP contribution in [0.3, 0.4) is 0 Å². The minimum atomic E-state index is -0.360. The molecule has 0 bridgehead atoms. The standard InChI is InChI=1S/C17H24FN3O2/c18-13-6-7-16(20-8-2-1-3-9-20)15(11-13)19-17(23)21-10-4-5-14(21)12-22/h6-7,11,14,22H,1-5,8-10,12H2,(H,19,23). The van der Waals surface area contributed by atoms with E-state index in [0.717, 1.165) is 44.5 Å². The van der Waals surface area contributed by atoms with Crippen molar-refractivity contribution in [3.8, 4) is 0 Å². The van der Waals surface area contributed by atoms with Crippen LogP contribution in [0, 0.1) is 5.82 Å². The summed E-state index contributed by atoms with van der Waals surface area (Å²) in [6.45, 7) is 2.45. The molecular formula is C17H24FN3O2. The molecule has 2 amide bonds. The number of nitrogens with zero attached hydrogens (tertiary/aromatic N) is 2. The summed E-state index contributed by atoms with van der Waals surface area (Å²) in [6.07, 6.45) is 5.14. The van der Waals surface area contributed by atoms with E-state index < -0.39 is 0 Å². The van der Waals surface area contributed by atoms with Crippen LogP contribution in [0.1, 0.15) is 32.1 Å². The molecule has 23 heavy (non-hydrogen) atoms. The number of anilines is 2. The van der Waals surface area contributed by atoms with Crippen molar-refractivity contribution in [2.75, 3.05) is 36.5 Å². The van der Waals surface area contributed by atoms with Gasteiger partial charge in [0.1, 0.15) is 5.82 Å². The number of nitrogens with one attached hydrogen (secondary N) is 1. The highest BCUT2D eigenvalue weighted by Gasteiger charge is 2.28. The topological polar surface area (TPSA) is 55.8 Å². The molecule has 2 N–H and O–H groups in total. The van der Waals surface area contributed by atoms with Gasteiger partial charge in [-0.1, -0.05) is 0 Å². The minimum Gasteiger partial charge on any atom is -0.394 e. The summed E-state index contributed by atoms with van der Waals surface area (Å²) in [5, 5.41) is 12.2. The number of urea groups is 1. The number of aliphatic hydroxyl groups excluding tert-OH is 1. The molecule has 126 valence electrons. The quantitative estimate of drug-likeness (QED) is 0.900. The Morgan fingerprint density at radius 3 is 2.74 bits per heavy atom. The number of carbonyl (C=O) groups is 1. The fourth-order valence-corrected chi connectivity index (χ4v) is 3.50. The van der Waals surface area contributed by atoms with Crippen LogP contribution in [0.5, 0.6) is 0 Å². The van der Waals surface area contributed by atoms with Crippen LogP contribution in [-0.2, 0) is 0 Å². The molecule has 0 aromatic heterocycles. The predicted molar refractivity (Wildman–Crippen MR) is 88.3 cm³/mol. The molecular weight excluding hydrogens is 297 g/mol. The maximum absolute atomic E-state index is 13.7. The maximum Gasteiger partial charge on any atom is 0.322 e. The van der Waals surface area contributed by atoms with Crippen LogP contribution < -0.4 is 10.2 Å². The lowest BCUT2D eigenvalue weighted by Crippen LogP contribution is -2.41. The van der Waals surface area contributed by atoms with Gasteiger partial charge in [0.2, 0.25) is 0 Å². The van der Waals surface area contributed by atoms with Crippen LogP contribution in [-0.4, -0.2) is 48.3 Å². The number of likely N-dealkylation sites (tertiary alicyclic amines) is 1. The van der Waals surface area contributed by atoms with Crippen LogP contribution >= 0.6 is 0 Å². The molecule has 2 aliphatic rings. The molecule has 2 saturated heterocycles. The number of halogens is 1. The largest absolute Gasteiger partial charge is 0.394 e. The Balaban J connectivity index is 1.78. The summed E-state index contributed by atoms with van der Waals surface area (Å²) in [7, 11) is 0. The molecule has 0 spiro atoms. The van der Waals surface area contributed by atoms with E-state index in [9.17, 15) is 14.3 Å². The van der Waals surface area contributed by atoms with Gasteiger partial charge < -0.3 is 20.2 Å². The third-order valence-electron chi connectivity index (χ3n) is 4.75. The van der Waals surface area contributed by atoms with Crippen molar-refractivity contribution in [3.05, 3.63) is 24.0 Å². The SMILES string of the molecule is O=C(Nc1cc(F)ccc1N1CCCCC1)N1CCCC1CO. The normalized spacial score (nSPS) is 21.6. The van der Waals surface area contributed by atoms with Crippen molar-refractivity contribution in [3.63, 3.8) is 0 Å². The molecule has 1 unspecified atom stereocenters. The number of amides is 2. The highest BCUT2D eigenvalue weighted by Crippen LogP contribution is 2.30. The maximum atomic E-state index is 13.7. The Morgan fingerprint density at radius 2 is 2.00 bits per heavy atom. The van der Waals surface area contributed by atoms with Crippen LogP contribution in [0.4, 0.5) is 20.6 Å². The summed E-state index contributed by atoms with van der Waals surface area (Å²) in [6, 6.07) is 4.16. The molecule has 2 fully saturated rings. The second-order valence-electron chi connectivity index (χ2n) is 6.31. The number of piperidine rings is 1. The molecule has 2 aliphatic heterocycles. The van der Waals surface area contributed by atoms with Gasteiger partial charge in [0.05, 0.1) is 24.0 Å². The van der Waals surface area contributed by atoms with Crippen LogP contribution in [0.15, 0.2) is 18.2 Å². The van der Waals surface area contributed by atoms with Gasteiger partial charge in [0.15, 0.2) is 0 Å². The van der Waals surface area contributed by atoms with Gasteiger partial charge in [0, 0.05) is 19.6 Å². The van der Waals surface area contributed by atoms with E-state index in [4.69, 9.17) is 0 Å². The lowest BCUT2D eigenvalue weighted by Gasteiger charge is -2.31. The molecule has 1 aromatic carbocycles. The lowest BCUT2D eigenvalue weighted by atomic mass is 10.1. The molecule has 5 nitrogen and oxygen atoms in total. The highest BCUT2D eigenvalue weighted by molar-refractivity contribution is 5.93. The van der Waals surface area contributed by atoms with E-state index in [1.807, 2.05) is 0 Å². The summed E-state index contributed by atoms with van der Waals surface area (Å²) < 4.78 is 13.7. The Labute approximate surface area is 136 Å². The van der Waals surface area contributed by atoms with Crippen molar-refractivity contribution in [2.24, 2.45) is 0 Å². The van der Waals surface area contributed by atoms with E-state index in [2.05, 4.69) is 10.2 Å². The average Bonchev–Trinajstić information content (AvgIpc) is 3.04. The van der Waals surface area contributed by atoms with Gasteiger partial charge in [-0.15, -0.1) is 0 Å². The van der Waals surface area contributed by atoms with E-state index in [1.165, 1.54) is 18.6 Å². The number of rotatable bonds is 3. The van der Waals surface area contributed by atoms with Crippen LogP contribution in [0.25, 0.3) is 0 Å². The van der Waals surface area contributed by atoms with E-state index >= 15 is 0 Å². The van der Waals surface area contributed by atoms with Gasteiger partial charge in [-0.2, -0.15) is 0 Å². The lowest BCUT2D eigenvalue weighted by molar-refractivity contribution is 0.166. The van der Waals surface area contributed by atoms with Crippen molar-refractivity contribution in [1.29, 1.82) is 0 Å². The smallest absolute Gasteiger partial charge is 0.322 e.